The number of hydrogen-bond acceptors (Lipinski definition) is 2. The topological polar surface area (TPSA) is 46.2 Å². The smallest absolute Gasteiger partial charge is 0.261 e. The Morgan fingerprint density at radius 2 is 1.76 bits per heavy atom. The fourth-order valence-corrected chi connectivity index (χ4v) is 3.44. The van der Waals surface area contributed by atoms with Gasteiger partial charge in [0.05, 0.1) is 15.6 Å². The van der Waals surface area contributed by atoms with Gasteiger partial charge in [0.25, 0.3) is 10.0 Å². The molecule has 6 heteroatoms. The Bertz CT molecular complexity index is 772. The molecule has 0 fully saturated rings. The Labute approximate surface area is 134 Å². The molecule has 0 heterocycles. The number of rotatable bonds is 4. The lowest BCUT2D eigenvalue weighted by Gasteiger charge is -2.13. The first-order valence-corrected chi connectivity index (χ1v) is 8.37. The fraction of sp³-hybridized carbons (Fsp3) is 0.0667. The molecule has 110 valence electrons. The number of halogens is 2. The van der Waals surface area contributed by atoms with Crippen LogP contribution in [0.2, 0.25) is 10.0 Å². The molecule has 0 aromatic heterocycles. The Hall–Kier alpha value is -1.49. The van der Waals surface area contributed by atoms with Crippen molar-refractivity contribution in [1.29, 1.82) is 0 Å². The first-order chi connectivity index (χ1) is 9.94. The van der Waals surface area contributed by atoms with Crippen LogP contribution in [-0.2, 0) is 10.0 Å². The van der Waals surface area contributed by atoms with Crippen LogP contribution in [0.4, 0.5) is 0 Å². The molecule has 0 radical (unpaired) electrons. The summed E-state index contributed by atoms with van der Waals surface area (Å²) in [4.78, 5) is 0.189. The third kappa shape index (κ3) is 3.79. The highest BCUT2D eigenvalue weighted by Gasteiger charge is 2.17. The largest absolute Gasteiger partial charge is 0.279 e. The molecule has 2 aromatic rings. The van der Waals surface area contributed by atoms with Crippen molar-refractivity contribution in [3.05, 3.63) is 70.2 Å². The molecule has 0 spiro atoms. The highest BCUT2D eigenvalue weighted by Crippen LogP contribution is 2.26. The fourth-order valence-electron chi connectivity index (χ4n) is 1.78. The summed E-state index contributed by atoms with van der Waals surface area (Å²) < 4.78 is 27.2. The number of hydrogen-bond donors (Lipinski definition) is 1. The van der Waals surface area contributed by atoms with Gasteiger partial charge in [-0.25, -0.2) is 8.42 Å². The van der Waals surface area contributed by atoms with Crippen LogP contribution in [-0.4, -0.2) is 8.42 Å². The number of nitrogens with one attached hydrogen (secondary N) is 1. The lowest BCUT2D eigenvalue weighted by Crippen LogP contribution is -2.22. The van der Waals surface area contributed by atoms with Crippen molar-refractivity contribution < 1.29 is 8.42 Å². The second-order valence-corrected chi connectivity index (χ2v) is 6.77. The summed E-state index contributed by atoms with van der Waals surface area (Å²) in [5.41, 5.74) is 0.976. The molecule has 0 aliphatic heterocycles. The Morgan fingerprint density at radius 1 is 1.10 bits per heavy atom. The second-order valence-electron chi connectivity index (χ2n) is 4.25. The maximum Gasteiger partial charge on any atom is 0.261 e. The van der Waals surface area contributed by atoms with E-state index in [0.717, 1.165) is 0 Å². The lowest BCUT2D eigenvalue weighted by molar-refractivity contribution is 0.591. The van der Waals surface area contributed by atoms with E-state index in [9.17, 15) is 8.42 Å². The summed E-state index contributed by atoms with van der Waals surface area (Å²) in [6.07, 6.45) is 1.65. The summed E-state index contributed by atoms with van der Waals surface area (Å²) in [7, 11) is -3.66. The van der Waals surface area contributed by atoms with Crippen LogP contribution < -0.4 is 4.72 Å². The Balaban J connectivity index is 2.37. The number of benzene rings is 2. The first kappa shape index (κ1) is 15.9. The normalized spacial score (nSPS) is 12.2. The third-order valence-electron chi connectivity index (χ3n) is 2.81. The molecule has 0 atom stereocenters. The average Bonchev–Trinajstić information content (AvgIpc) is 2.46. The van der Waals surface area contributed by atoms with Crippen molar-refractivity contribution in [2.75, 3.05) is 0 Å². The van der Waals surface area contributed by atoms with Gasteiger partial charge in [-0.3, -0.25) is 4.72 Å². The zero-order valence-electron chi connectivity index (χ0n) is 11.2. The van der Waals surface area contributed by atoms with E-state index >= 15 is 0 Å². The summed E-state index contributed by atoms with van der Waals surface area (Å²) >= 11 is 12.0. The van der Waals surface area contributed by atoms with E-state index in [1.807, 2.05) is 0 Å². The molecule has 0 aliphatic carbocycles. The van der Waals surface area contributed by atoms with Gasteiger partial charge in [-0.05, 0) is 37.3 Å². The summed E-state index contributed by atoms with van der Waals surface area (Å²) in [5, 5.41) is 0.872. The van der Waals surface area contributed by atoms with Crippen LogP contribution >= 0.6 is 23.2 Å². The molecular weight excluding hydrogens is 329 g/mol. The summed E-state index contributed by atoms with van der Waals surface area (Å²) in [5.74, 6) is 0. The Kier molecular flexibility index (Phi) is 4.93. The van der Waals surface area contributed by atoms with E-state index in [0.29, 0.717) is 21.3 Å². The van der Waals surface area contributed by atoms with Crippen molar-refractivity contribution in [3.63, 3.8) is 0 Å². The van der Waals surface area contributed by atoms with E-state index in [1.54, 1.807) is 49.4 Å². The zero-order chi connectivity index (χ0) is 15.5. The van der Waals surface area contributed by atoms with Gasteiger partial charge in [0.2, 0.25) is 0 Å². The van der Waals surface area contributed by atoms with Crippen molar-refractivity contribution in [3.8, 4) is 0 Å². The van der Waals surface area contributed by atoms with E-state index in [4.69, 9.17) is 23.2 Å². The maximum absolute atomic E-state index is 12.3. The molecular formula is C15H13Cl2NO2S. The van der Waals surface area contributed by atoms with Gasteiger partial charge in [0, 0.05) is 10.6 Å². The molecule has 0 saturated heterocycles. The molecule has 1 N–H and O–H groups in total. The molecule has 0 unspecified atom stereocenters. The van der Waals surface area contributed by atoms with Crippen molar-refractivity contribution in [1.82, 2.24) is 4.72 Å². The van der Waals surface area contributed by atoms with Gasteiger partial charge < -0.3 is 0 Å². The van der Waals surface area contributed by atoms with Crippen LogP contribution in [0.3, 0.4) is 0 Å². The van der Waals surface area contributed by atoms with E-state index in [1.165, 1.54) is 12.1 Å². The molecule has 0 aliphatic rings. The molecule has 0 saturated carbocycles. The van der Waals surface area contributed by atoms with Crippen molar-refractivity contribution >= 4 is 38.9 Å². The van der Waals surface area contributed by atoms with E-state index in [2.05, 4.69) is 4.72 Å². The minimum Gasteiger partial charge on any atom is -0.279 e. The number of allylic oxidation sites excluding steroid dienone is 1. The van der Waals surface area contributed by atoms with E-state index in [-0.39, 0.29) is 4.90 Å². The zero-order valence-corrected chi connectivity index (χ0v) is 13.5. The van der Waals surface area contributed by atoms with Gasteiger partial charge in [-0.2, -0.15) is 0 Å². The summed E-state index contributed by atoms with van der Waals surface area (Å²) in [6.45, 7) is 1.73. The lowest BCUT2D eigenvalue weighted by atomic mass is 10.1. The molecule has 0 amide bonds. The standard InChI is InChI=1S/C15H13Cl2NO2S/c1-2-15(13-9-8-11(16)10-14(13)17)18-21(19,20)12-6-4-3-5-7-12/h2-10,18H,1H3. The molecule has 0 bridgehead atoms. The minimum absolute atomic E-state index is 0.189. The van der Waals surface area contributed by atoms with Crippen LogP contribution in [0.15, 0.2) is 59.5 Å². The molecule has 2 aromatic carbocycles. The van der Waals surface area contributed by atoms with Gasteiger partial charge in [-0.1, -0.05) is 47.5 Å². The van der Waals surface area contributed by atoms with Gasteiger partial charge >= 0.3 is 0 Å². The van der Waals surface area contributed by atoms with Gasteiger partial charge in [-0.15, -0.1) is 0 Å². The van der Waals surface area contributed by atoms with Gasteiger partial charge in [0.1, 0.15) is 0 Å². The average molecular weight is 342 g/mol. The summed E-state index contributed by atoms with van der Waals surface area (Å²) in [6, 6.07) is 13.0. The predicted molar refractivity (Wildman–Crippen MR) is 86.9 cm³/mol. The minimum atomic E-state index is -3.66. The highest BCUT2D eigenvalue weighted by molar-refractivity contribution is 7.89. The number of sulfonamides is 1. The maximum atomic E-state index is 12.3. The predicted octanol–water partition coefficient (Wildman–Crippen LogP) is 4.33. The highest BCUT2D eigenvalue weighted by atomic mass is 35.5. The molecule has 3 nitrogen and oxygen atoms in total. The monoisotopic (exact) mass is 341 g/mol. The van der Waals surface area contributed by atoms with Crippen LogP contribution in [0.5, 0.6) is 0 Å². The van der Waals surface area contributed by atoms with Crippen LogP contribution in [0.1, 0.15) is 12.5 Å². The molecule has 21 heavy (non-hydrogen) atoms. The third-order valence-corrected chi connectivity index (χ3v) is 4.74. The SMILES string of the molecule is CC=C(NS(=O)(=O)c1ccccc1)c1ccc(Cl)cc1Cl. The molecule has 2 rings (SSSR count). The van der Waals surface area contributed by atoms with Crippen LogP contribution in [0.25, 0.3) is 5.70 Å². The van der Waals surface area contributed by atoms with Gasteiger partial charge in [0.15, 0.2) is 0 Å². The van der Waals surface area contributed by atoms with Crippen molar-refractivity contribution in [2.45, 2.75) is 11.8 Å². The Morgan fingerprint density at radius 3 is 2.33 bits per heavy atom. The van der Waals surface area contributed by atoms with Crippen molar-refractivity contribution in [2.24, 2.45) is 0 Å². The van der Waals surface area contributed by atoms with E-state index < -0.39 is 10.0 Å². The van der Waals surface area contributed by atoms with Crippen LogP contribution in [0, 0.1) is 0 Å². The first-order valence-electron chi connectivity index (χ1n) is 6.13. The second kappa shape index (κ2) is 6.52. The quantitative estimate of drug-likeness (QED) is 0.899.